The summed E-state index contributed by atoms with van der Waals surface area (Å²) in [5, 5.41) is 8.83. The standard InChI is InChI=1S/C14H18N6O/c15-8-11-9-17-14(18-12(11)16)20-6-4-19(5-7-20)13(21)10-2-1-3-10/h9-10H,1-7H2,(H2,16,17,18). The smallest absolute Gasteiger partial charge is 0.227 e. The number of carbonyl (C=O) groups is 1. The van der Waals surface area contributed by atoms with Crippen molar-refractivity contribution in [2.24, 2.45) is 5.92 Å². The number of nitrogen functional groups attached to an aromatic ring is 1. The van der Waals surface area contributed by atoms with Gasteiger partial charge in [0, 0.05) is 32.1 Å². The number of aromatic nitrogens is 2. The average Bonchev–Trinajstić information content (AvgIpc) is 2.45. The maximum atomic E-state index is 12.2. The van der Waals surface area contributed by atoms with E-state index >= 15 is 0 Å². The molecule has 2 aliphatic rings. The van der Waals surface area contributed by atoms with Crippen LogP contribution < -0.4 is 10.6 Å². The first-order valence-electron chi connectivity index (χ1n) is 7.25. The van der Waals surface area contributed by atoms with Gasteiger partial charge in [-0.2, -0.15) is 10.2 Å². The topological polar surface area (TPSA) is 99.1 Å². The van der Waals surface area contributed by atoms with E-state index in [2.05, 4.69) is 9.97 Å². The fraction of sp³-hybridized carbons (Fsp3) is 0.571. The van der Waals surface area contributed by atoms with Crippen LogP contribution in [0.1, 0.15) is 24.8 Å². The van der Waals surface area contributed by atoms with E-state index in [-0.39, 0.29) is 17.3 Å². The van der Waals surface area contributed by atoms with Crippen LogP contribution in [0.2, 0.25) is 0 Å². The molecule has 0 spiro atoms. The third kappa shape index (κ3) is 2.61. The van der Waals surface area contributed by atoms with Crippen LogP contribution in [0.15, 0.2) is 6.20 Å². The Kier molecular flexibility index (Phi) is 3.60. The van der Waals surface area contributed by atoms with Crippen LogP contribution in [0.4, 0.5) is 11.8 Å². The van der Waals surface area contributed by atoms with Crippen LogP contribution in [0.3, 0.4) is 0 Å². The highest BCUT2D eigenvalue weighted by Gasteiger charge is 2.31. The predicted octanol–water partition coefficient (Wildman–Crippen LogP) is 0.379. The maximum Gasteiger partial charge on any atom is 0.227 e. The van der Waals surface area contributed by atoms with Gasteiger partial charge in [-0.3, -0.25) is 4.79 Å². The van der Waals surface area contributed by atoms with Gasteiger partial charge < -0.3 is 15.5 Å². The van der Waals surface area contributed by atoms with Crippen molar-refractivity contribution in [1.29, 1.82) is 5.26 Å². The normalized spacial score (nSPS) is 19.0. The van der Waals surface area contributed by atoms with Crippen molar-refractivity contribution in [3.63, 3.8) is 0 Å². The minimum Gasteiger partial charge on any atom is -0.382 e. The molecule has 0 unspecified atom stereocenters. The maximum absolute atomic E-state index is 12.2. The second-order valence-electron chi connectivity index (χ2n) is 5.52. The molecular formula is C14H18N6O. The van der Waals surface area contributed by atoms with Crippen LogP contribution in [0.5, 0.6) is 0 Å². The Balaban J connectivity index is 1.61. The molecule has 0 radical (unpaired) electrons. The summed E-state index contributed by atoms with van der Waals surface area (Å²) in [4.78, 5) is 24.5. The Morgan fingerprint density at radius 1 is 1.33 bits per heavy atom. The molecule has 7 heteroatoms. The first-order valence-corrected chi connectivity index (χ1v) is 7.25. The number of nitrogens with zero attached hydrogens (tertiary/aromatic N) is 5. The summed E-state index contributed by atoms with van der Waals surface area (Å²) in [5.41, 5.74) is 6.00. The van der Waals surface area contributed by atoms with Crippen molar-refractivity contribution in [2.75, 3.05) is 36.8 Å². The van der Waals surface area contributed by atoms with E-state index in [4.69, 9.17) is 11.0 Å². The van der Waals surface area contributed by atoms with Gasteiger partial charge in [-0.1, -0.05) is 6.42 Å². The van der Waals surface area contributed by atoms with Gasteiger partial charge in [0.15, 0.2) is 0 Å². The molecule has 2 heterocycles. The number of hydrogen-bond acceptors (Lipinski definition) is 6. The average molecular weight is 286 g/mol. The Bertz CT molecular complexity index is 584. The Hall–Kier alpha value is -2.36. The van der Waals surface area contributed by atoms with E-state index in [0.717, 1.165) is 12.8 Å². The lowest BCUT2D eigenvalue weighted by molar-refractivity contribution is -0.138. The number of carbonyl (C=O) groups excluding carboxylic acids is 1. The van der Waals surface area contributed by atoms with Gasteiger partial charge in [0.1, 0.15) is 17.5 Å². The number of rotatable bonds is 2. The quantitative estimate of drug-likeness (QED) is 0.843. The Labute approximate surface area is 123 Å². The van der Waals surface area contributed by atoms with Gasteiger partial charge in [-0.05, 0) is 12.8 Å². The molecule has 0 bridgehead atoms. The number of nitriles is 1. The zero-order valence-corrected chi connectivity index (χ0v) is 11.8. The third-order valence-electron chi connectivity index (χ3n) is 4.25. The molecule has 1 aliphatic heterocycles. The molecule has 2 N–H and O–H groups in total. The Morgan fingerprint density at radius 3 is 2.57 bits per heavy atom. The third-order valence-corrected chi connectivity index (χ3v) is 4.25. The lowest BCUT2D eigenvalue weighted by Crippen LogP contribution is -2.51. The molecular weight excluding hydrogens is 268 g/mol. The highest BCUT2D eigenvalue weighted by atomic mass is 16.2. The second-order valence-corrected chi connectivity index (χ2v) is 5.52. The molecule has 1 saturated heterocycles. The zero-order valence-electron chi connectivity index (χ0n) is 11.8. The van der Waals surface area contributed by atoms with E-state index < -0.39 is 0 Å². The van der Waals surface area contributed by atoms with E-state index in [1.54, 1.807) is 0 Å². The van der Waals surface area contributed by atoms with Gasteiger partial charge >= 0.3 is 0 Å². The lowest BCUT2D eigenvalue weighted by atomic mass is 9.84. The van der Waals surface area contributed by atoms with Gasteiger partial charge in [-0.25, -0.2) is 4.98 Å². The summed E-state index contributed by atoms with van der Waals surface area (Å²) in [7, 11) is 0. The molecule has 1 amide bonds. The van der Waals surface area contributed by atoms with Gasteiger partial charge in [-0.15, -0.1) is 0 Å². The number of hydrogen-bond donors (Lipinski definition) is 1. The van der Waals surface area contributed by atoms with Crippen molar-refractivity contribution in [3.8, 4) is 6.07 Å². The minimum atomic E-state index is 0.204. The summed E-state index contributed by atoms with van der Waals surface area (Å²) in [5.74, 6) is 1.28. The molecule has 110 valence electrons. The molecule has 1 saturated carbocycles. The molecule has 2 fully saturated rings. The van der Waals surface area contributed by atoms with Crippen LogP contribution in [-0.4, -0.2) is 47.0 Å². The van der Waals surface area contributed by atoms with Crippen LogP contribution in [0, 0.1) is 17.2 Å². The van der Waals surface area contributed by atoms with E-state index in [0.29, 0.717) is 38.0 Å². The fourth-order valence-electron chi connectivity index (χ4n) is 2.66. The van der Waals surface area contributed by atoms with Gasteiger partial charge in [0.2, 0.25) is 11.9 Å². The first kappa shape index (κ1) is 13.6. The van der Waals surface area contributed by atoms with Crippen molar-refractivity contribution in [1.82, 2.24) is 14.9 Å². The van der Waals surface area contributed by atoms with Crippen LogP contribution >= 0.6 is 0 Å². The molecule has 0 atom stereocenters. The number of anilines is 2. The zero-order chi connectivity index (χ0) is 14.8. The monoisotopic (exact) mass is 286 g/mol. The number of nitrogens with two attached hydrogens (primary N) is 1. The fourth-order valence-corrected chi connectivity index (χ4v) is 2.66. The summed E-state index contributed by atoms with van der Waals surface area (Å²) >= 11 is 0. The number of piperazine rings is 1. The highest BCUT2D eigenvalue weighted by Crippen LogP contribution is 2.28. The SMILES string of the molecule is N#Cc1cnc(N2CCN(C(=O)C3CCC3)CC2)nc1N. The second kappa shape index (κ2) is 5.56. The molecule has 1 aromatic heterocycles. The molecule has 21 heavy (non-hydrogen) atoms. The summed E-state index contributed by atoms with van der Waals surface area (Å²) in [6, 6.07) is 1.95. The summed E-state index contributed by atoms with van der Waals surface area (Å²) in [6.45, 7) is 2.78. The van der Waals surface area contributed by atoms with Crippen molar-refractivity contribution >= 4 is 17.7 Å². The van der Waals surface area contributed by atoms with Crippen LogP contribution in [0.25, 0.3) is 0 Å². The van der Waals surface area contributed by atoms with Gasteiger partial charge in [0.05, 0.1) is 6.20 Å². The van der Waals surface area contributed by atoms with Crippen molar-refractivity contribution in [3.05, 3.63) is 11.8 Å². The minimum absolute atomic E-state index is 0.204. The lowest BCUT2D eigenvalue weighted by Gasteiger charge is -2.38. The summed E-state index contributed by atoms with van der Waals surface area (Å²) < 4.78 is 0. The molecule has 1 aromatic rings. The largest absolute Gasteiger partial charge is 0.382 e. The predicted molar refractivity (Wildman–Crippen MR) is 77.3 cm³/mol. The number of amides is 1. The van der Waals surface area contributed by atoms with E-state index in [1.807, 2.05) is 15.9 Å². The van der Waals surface area contributed by atoms with Crippen LogP contribution in [-0.2, 0) is 4.79 Å². The van der Waals surface area contributed by atoms with E-state index in [1.165, 1.54) is 12.6 Å². The van der Waals surface area contributed by atoms with E-state index in [9.17, 15) is 4.79 Å². The summed E-state index contributed by atoms with van der Waals surface area (Å²) in [6.07, 6.45) is 4.70. The molecule has 7 nitrogen and oxygen atoms in total. The van der Waals surface area contributed by atoms with Gasteiger partial charge in [0.25, 0.3) is 0 Å². The van der Waals surface area contributed by atoms with Crippen molar-refractivity contribution in [2.45, 2.75) is 19.3 Å². The molecule has 0 aromatic carbocycles. The first-order chi connectivity index (χ1) is 10.2. The highest BCUT2D eigenvalue weighted by molar-refractivity contribution is 5.79. The molecule has 3 rings (SSSR count). The molecule has 1 aliphatic carbocycles. The van der Waals surface area contributed by atoms with Crippen molar-refractivity contribution < 1.29 is 4.79 Å². The Morgan fingerprint density at radius 2 is 2.05 bits per heavy atom.